The number of likely N-dealkylation sites (tertiary alicyclic amines) is 1. The molecule has 0 spiro atoms. The molecule has 0 radical (unpaired) electrons. The van der Waals surface area contributed by atoms with Crippen molar-refractivity contribution in [2.75, 3.05) is 13.1 Å². The van der Waals surface area contributed by atoms with Crippen molar-refractivity contribution in [3.63, 3.8) is 0 Å². The number of rotatable bonds is 4. The summed E-state index contributed by atoms with van der Waals surface area (Å²) in [6, 6.07) is 7.91. The van der Waals surface area contributed by atoms with E-state index in [9.17, 15) is 23.1 Å². The van der Waals surface area contributed by atoms with Gasteiger partial charge in [0.2, 0.25) is 0 Å². The molecule has 1 fully saturated rings. The van der Waals surface area contributed by atoms with Crippen molar-refractivity contribution < 1.29 is 23.1 Å². The monoisotopic (exact) mass is 388 g/mol. The van der Waals surface area contributed by atoms with E-state index in [0.717, 1.165) is 11.6 Å². The minimum Gasteiger partial charge on any atom is -0.384 e. The Balaban J connectivity index is 1.70. The van der Waals surface area contributed by atoms with Gasteiger partial charge in [-0.2, -0.15) is 0 Å². The highest BCUT2D eigenvalue weighted by Crippen LogP contribution is 2.35. The Bertz CT molecular complexity index is 1040. The van der Waals surface area contributed by atoms with Crippen LogP contribution in [-0.2, 0) is 11.2 Å². The Morgan fingerprint density at radius 3 is 2.50 bits per heavy atom. The molecule has 4 nitrogen and oxygen atoms in total. The molecule has 0 bridgehead atoms. The summed E-state index contributed by atoms with van der Waals surface area (Å²) >= 11 is 0. The van der Waals surface area contributed by atoms with Crippen molar-refractivity contribution in [2.24, 2.45) is 5.92 Å². The lowest BCUT2D eigenvalue weighted by molar-refractivity contribution is -0.145. The highest BCUT2D eigenvalue weighted by Gasteiger charge is 2.33. The maximum absolute atomic E-state index is 14.3. The molecule has 1 saturated heterocycles. The zero-order valence-electron chi connectivity index (χ0n) is 15.2. The summed E-state index contributed by atoms with van der Waals surface area (Å²) in [6.07, 6.45) is -0.550. The lowest BCUT2D eigenvalue weighted by atomic mass is 9.89. The Hall–Kier alpha value is -2.80. The van der Waals surface area contributed by atoms with Gasteiger partial charge in [0, 0.05) is 30.2 Å². The molecule has 28 heavy (non-hydrogen) atoms. The lowest BCUT2D eigenvalue weighted by Gasteiger charge is -2.40. The molecular formula is C21H19F3N2O2. The quantitative estimate of drug-likeness (QED) is 0.717. The highest BCUT2D eigenvalue weighted by molar-refractivity contribution is 5.91. The van der Waals surface area contributed by atoms with Gasteiger partial charge in [-0.1, -0.05) is 0 Å². The van der Waals surface area contributed by atoms with Crippen LogP contribution in [0, 0.1) is 23.4 Å². The number of fused-ring (bicyclic) bond motifs is 1. The molecule has 0 saturated carbocycles. The maximum atomic E-state index is 14.3. The number of H-pyrrole nitrogens is 1. The Morgan fingerprint density at radius 2 is 1.86 bits per heavy atom. The zero-order chi connectivity index (χ0) is 20.0. The zero-order valence-corrected chi connectivity index (χ0v) is 15.2. The van der Waals surface area contributed by atoms with E-state index in [-0.39, 0.29) is 23.2 Å². The van der Waals surface area contributed by atoms with Crippen LogP contribution in [0.2, 0.25) is 0 Å². The summed E-state index contributed by atoms with van der Waals surface area (Å²) in [4.78, 5) is 16.4. The lowest BCUT2D eigenvalue weighted by Crippen LogP contribution is -2.53. The van der Waals surface area contributed by atoms with Crippen LogP contribution in [0.5, 0.6) is 0 Å². The Labute approximate surface area is 159 Å². The summed E-state index contributed by atoms with van der Waals surface area (Å²) in [5, 5.41) is 9.85. The first-order valence-corrected chi connectivity index (χ1v) is 9.06. The van der Waals surface area contributed by atoms with Crippen LogP contribution < -0.4 is 0 Å². The average molecular weight is 388 g/mol. The smallest absolute Gasteiger partial charge is 0.251 e. The van der Waals surface area contributed by atoms with Gasteiger partial charge in [0.05, 0.1) is 5.52 Å². The number of carbonyl (C=O) groups excluding carboxylic acids is 1. The molecule has 1 aliphatic rings. The van der Waals surface area contributed by atoms with Crippen LogP contribution in [0.3, 0.4) is 0 Å². The minimum atomic E-state index is -1.05. The summed E-state index contributed by atoms with van der Waals surface area (Å²) < 4.78 is 41.5. The van der Waals surface area contributed by atoms with Crippen molar-refractivity contribution in [3.05, 3.63) is 59.4 Å². The van der Waals surface area contributed by atoms with E-state index < -0.39 is 17.7 Å². The fourth-order valence-corrected chi connectivity index (χ4v) is 3.78. The number of carbonyl (C=O) groups is 1. The van der Waals surface area contributed by atoms with Crippen LogP contribution in [-0.4, -0.2) is 40.1 Å². The van der Waals surface area contributed by atoms with Crippen molar-refractivity contribution in [3.8, 4) is 11.3 Å². The van der Waals surface area contributed by atoms with Gasteiger partial charge >= 0.3 is 0 Å². The van der Waals surface area contributed by atoms with E-state index >= 15 is 0 Å². The maximum Gasteiger partial charge on any atom is 0.251 e. The van der Waals surface area contributed by atoms with Crippen molar-refractivity contribution in [1.29, 1.82) is 0 Å². The third-order valence-electron chi connectivity index (χ3n) is 5.18. The van der Waals surface area contributed by atoms with Crippen molar-refractivity contribution in [2.45, 2.75) is 19.4 Å². The van der Waals surface area contributed by atoms with Gasteiger partial charge in [-0.3, -0.25) is 4.79 Å². The molecule has 4 rings (SSSR count). The molecular weight excluding hydrogens is 369 g/mol. The number of hydrogen-bond acceptors (Lipinski definition) is 2. The highest BCUT2D eigenvalue weighted by atomic mass is 19.1. The molecule has 7 heteroatoms. The standard InChI is InChI=1S/C21H19F3N2O2/c1-11(27)21(28)26-9-12(10-26)6-16-17-7-15(23)8-18(24)20(17)25-19(16)13-2-4-14(22)5-3-13/h2-5,7-8,11-12,25,27H,6,9-10H2,1H3/t11-/m0/s1. The first-order valence-electron chi connectivity index (χ1n) is 9.06. The second-order valence-electron chi connectivity index (χ2n) is 7.28. The molecule has 1 aliphatic heterocycles. The molecule has 1 atom stereocenters. The number of aromatic amines is 1. The predicted molar refractivity (Wildman–Crippen MR) is 99.1 cm³/mol. The van der Waals surface area contributed by atoms with Gasteiger partial charge in [0.1, 0.15) is 23.6 Å². The molecule has 3 aromatic rings. The normalized spacial score (nSPS) is 15.7. The molecule has 146 valence electrons. The number of benzene rings is 2. The van der Waals surface area contributed by atoms with Gasteiger partial charge in [0.25, 0.3) is 5.91 Å². The van der Waals surface area contributed by atoms with Crippen molar-refractivity contribution in [1.82, 2.24) is 9.88 Å². The molecule has 2 heterocycles. The fraction of sp³-hybridized carbons (Fsp3) is 0.286. The van der Waals surface area contributed by atoms with Gasteiger partial charge in [-0.15, -0.1) is 0 Å². The molecule has 2 aromatic carbocycles. The predicted octanol–water partition coefficient (Wildman–Crippen LogP) is 3.63. The first-order chi connectivity index (χ1) is 13.3. The SMILES string of the molecule is C[C@H](O)C(=O)N1CC(Cc2c(-c3ccc(F)cc3)[nH]c3c(F)cc(F)cc23)C1. The van der Waals surface area contributed by atoms with E-state index in [2.05, 4.69) is 4.98 Å². The summed E-state index contributed by atoms with van der Waals surface area (Å²) in [5.74, 6) is -1.97. The number of nitrogens with one attached hydrogen (secondary N) is 1. The fourth-order valence-electron chi connectivity index (χ4n) is 3.78. The third-order valence-corrected chi connectivity index (χ3v) is 5.18. The number of aliphatic hydroxyl groups excluding tert-OH is 1. The minimum absolute atomic E-state index is 0.104. The third kappa shape index (κ3) is 3.26. The van der Waals surface area contributed by atoms with E-state index in [0.29, 0.717) is 36.2 Å². The topological polar surface area (TPSA) is 56.3 Å². The second kappa shape index (κ2) is 6.98. The summed E-state index contributed by atoms with van der Waals surface area (Å²) in [7, 11) is 0. The summed E-state index contributed by atoms with van der Waals surface area (Å²) in [6.45, 7) is 2.36. The molecule has 1 amide bonds. The number of hydrogen-bond donors (Lipinski definition) is 2. The average Bonchev–Trinajstić information content (AvgIpc) is 2.96. The molecule has 1 aromatic heterocycles. The van der Waals surface area contributed by atoms with E-state index in [1.165, 1.54) is 25.1 Å². The van der Waals surface area contributed by atoms with E-state index in [1.54, 1.807) is 17.0 Å². The van der Waals surface area contributed by atoms with Gasteiger partial charge < -0.3 is 15.0 Å². The second-order valence-corrected chi connectivity index (χ2v) is 7.28. The number of amides is 1. The Kier molecular flexibility index (Phi) is 4.63. The molecule has 0 aliphatic carbocycles. The Morgan fingerprint density at radius 1 is 1.18 bits per heavy atom. The van der Waals surface area contributed by atoms with Crippen LogP contribution >= 0.6 is 0 Å². The van der Waals surface area contributed by atoms with Crippen LogP contribution in [0.15, 0.2) is 36.4 Å². The molecule has 2 N–H and O–H groups in total. The van der Waals surface area contributed by atoms with Gasteiger partial charge in [0.15, 0.2) is 0 Å². The van der Waals surface area contributed by atoms with Crippen LogP contribution in [0.25, 0.3) is 22.2 Å². The number of aromatic nitrogens is 1. The largest absolute Gasteiger partial charge is 0.384 e. The first kappa shape index (κ1) is 18.6. The van der Waals surface area contributed by atoms with Crippen LogP contribution in [0.1, 0.15) is 12.5 Å². The van der Waals surface area contributed by atoms with Crippen molar-refractivity contribution >= 4 is 16.8 Å². The van der Waals surface area contributed by atoms with Gasteiger partial charge in [-0.05, 0) is 60.7 Å². The van der Waals surface area contributed by atoms with E-state index in [1.807, 2.05) is 0 Å². The number of halogens is 3. The van der Waals surface area contributed by atoms with Crippen LogP contribution in [0.4, 0.5) is 13.2 Å². The van der Waals surface area contributed by atoms with Gasteiger partial charge in [-0.25, -0.2) is 13.2 Å². The number of nitrogens with zero attached hydrogens (tertiary/aromatic N) is 1. The van der Waals surface area contributed by atoms with E-state index in [4.69, 9.17) is 0 Å². The number of aliphatic hydroxyl groups is 1. The summed E-state index contributed by atoms with van der Waals surface area (Å²) in [5.41, 5.74) is 2.21. The molecule has 0 unspecified atom stereocenters.